The van der Waals surface area contributed by atoms with Gasteiger partial charge in [-0.2, -0.15) is 0 Å². The number of hydrogen-bond donors (Lipinski definition) is 1. The molecule has 1 aliphatic heterocycles. The Labute approximate surface area is 220 Å². The fourth-order valence-electron chi connectivity index (χ4n) is 8.20. The standard InChI is InChI=1S/C23H36O3.C10H16/c1-21(2)13-25-23(26-14-21)11-9-16-15(12-23)4-5-18-17(16)8-10-22(3)19(18)6-7-20(22)24;1-4-10(3)7-5-9(2)6-8-10/h15,18-20,24H,4-14H2,1-3H3;5-7H,4,8H2,1-3H3. The van der Waals surface area contributed by atoms with E-state index < -0.39 is 0 Å². The second-order valence-electron chi connectivity index (χ2n) is 14.5. The van der Waals surface area contributed by atoms with Gasteiger partial charge in [0.05, 0.1) is 19.3 Å². The highest BCUT2D eigenvalue weighted by molar-refractivity contribution is 5.30. The van der Waals surface area contributed by atoms with Crippen LogP contribution < -0.4 is 0 Å². The van der Waals surface area contributed by atoms with E-state index in [0.717, 1.165) is 38.4 Å². The monoisotopic (exact) mass is 496 g/mol. The van der Waals surface area contributed by atoms with Crippen molar-refractivity contribution in [1.82, 2.24) is 0 Å². The molecule has 6 atom stereocenters. The van der Waals surface area contributed by atoms with E-state index in [2.05, 4.69) is 59.8 Å². The van der Waals surface area contributed by atoms with Crippen molar-refractivity contribution in [2.45, 2.75) is 124 Å². The first kappa shape index (κ1) is 26.7. The van der Waals surface area contributed by atoms with E-state index in [4.69, 9.17) is 9.47 Å². The lowest BCUT2D eigenvalue weighted by Crippen LogP contribution is -2.51. The molecule has 202 valence electrons. The Morgan fingerprint density at radius 2 is 1.67 bits per heavy atom. The van der Waals surface area contributed by atoms with Crippen LogP contribution in [0.25, 0.3) is 0 Å². The van der Waals surface area contributed by atoms with E-state index in [1.807, 2.05) is 0 Å². The fourth-order valence-corrected chi connectivity index (χ4v) is 8.20. The maximum absolute atomic E-state index is 10.6. The molecule has 6 unspecified atom stereocenters. The molecular weight excluding hydrogens is 444 g/mol. The van der Waals surface area contributed by atoms with Gasteiger partial charge in [-0.05, 0) is 93.3 Å². The fraction of sp³-hybridized carbons (Fsp3) is 0.818. The molecule has 0 amide bonds. The van der Waals surface area contributed by atoms with Gasteiger partial charge in [-0.15, -0.1) is 0 Å². The van der Waals surface area contributed by atoms with Gasteiger partial charge < -0.3 is 14.6 Å². The van der Waals surface area contributed by atoms with Crippen LogP contribution in [0.3, 0.4) is 0 Å². The zero-order valence-corrected chi connectivity index (χ0v) is 24.0. The highest BCUT2D eigenvalue weighted by atomic mass is 16.7. The summed E-state index contributed by atoms with van der Waals surface area (Å²) in [5, 5.41) is 10.6. The van der Waals surface area contributed by atoms with E-state index in [0.29, 0.717) is 17.3 Å². The molecule has 5 aliphatic carbocycles. The van der Waals surface area contributed by atoms with Crippen molar-refractivity contribution < 1.29 is 14.6 Å². The molecule has 3 saturated carbocycles. The molecule has 1 saturated heterocycles. The van der Waals surface area contributed by atoms with E-state index >= 15 is 0 Å². The summed E-state index contributed by atoms with van der Waals surface area (Å²) in [5.41, 5.74) is 5.75. The second-order valence-corrected chi connectivity index (χ2v) is 14.5. The number of rotatable bonds is 1. The topological polar surface area (TPSA) is 38.7 Å². The maximum atomic E-state index is 10.6. The molecule has 0 bridgehead atoms. The van der Waals surface area contributed by atoms with Crippen LogP contribution in [0.5, 0.6) is 0 Å². The summed E-state index contributed by atoms with van der Waals surface area (Å²) < 4.78 is 12.7. The first-order valence-corrected chi connectivity index (χ1v) is 15.0. The van der Waals surface area contributed by atoms with Crippen LogP contribution in [0.2, 0.25) is 0 Å². The molecular formula is C33H52O3. The lowest BCUT2D eigenvalue weighted by molar-refractivity contribution is -0.312. The largest absolute Gasteiger partial charge is 0.393 e. The van der Waals surface area contributed by atoms with Crippen molar-refractivity contribution in [2.75, 3.05) is 13.2 Å². The summed E-state index contributed by atoms with van der Waals surface area (Å²) in [5.74, 6) is 1.84. The second kappa shape index (κ2) is 9.69. The van der Waals surface area contributed by atoms with Crippen molar-refractivity contribution >= 4 is 0 Å². The maximum Gasteiger partial charge on any atom is 0.169 e. The van der Waals surface area contributed by atoms with Crippen molar-refractivity contribution in [3.8, 4) is 0 Å². The minimum absolute atomic E-state index is 0.0706. The van der Waals surface area contributed by atoms with Crippen LogP contribution in [-0.2, 0) is 9.47 Å². The molecule has 4 fully saturated rings. The zero-order chi connectivity index (χ0) is 25.8. The van der Waals surface area contributed by atoms with Crippen molar-refractivity contribution in [3.05, 3.63) is 34.9 Å². The molecule has 3 nitrogen and oxygen atoms in total. The average molecular weight is 497 g/mol. The molecule has 6 aliphatic rings. The summed E-state index contributed by atoms with van der Waals surface area (Å²) in [6.07, 6.45) is 19.8. The number of allylic oxidation sites excluding steroid dienone is 6. The lowest BCUT2D eigenvalue weighted by Gasteiger charge is -2.53. The predicted octanol–water partition coefficient (Wildman–Crippen LogP) is 8.14. The van der Waals surface area contributed by atoms with Crippen LogP contribution in [0.1, 0.15) is 112 Å². The van der Waals surface area contributed by atoms with Crippen LogP contribution in [0.15, 0.2) is 34.9 Å². The number of hydrogen-bond acceptors (Lipinski definition) is 3. The quantitative estimate of drug-likeness (QED) is 0.372. The molecule has 3 heteroatoms. The summed E-state index contributed by atoms with van der Waals surface area (Å²) in [6.45, 7) is 15.2. The average Bonchev–Trinajstić information content (AvgIpc) is 3.18. The Balaban J connectivity index is 0.000000226. The molecule has 36 heavy (non-hydrogen) atoms. The van der Waals surface area contributed by atoms with Gasteiger partial charge in [-0.1, -0.05) is 69.6 Å². The summed E-state index contributed by atoms with van der Waals surface area (Å²) in [4.78, 5) is 0. The first-order chi connectivity index (χ1) is 17.0. The Hall–Kier alpha value is -0.900. The molecule has 1 N–H and O–H groups in total. The van der Waals surface area contributed by atoms with E-state index in [9.17, 15) is 5.11 Å². The molecule has 0 aromatic heterocycles. The minimum Gasteiger partial charge on any atom is -0.393 e. The van der Waals surface area contributed by atoms with Gasteiger partial charge in [0.15, 0.2) is 5.79 Å². The molecule has 0 aromatic carbocycles. The van der Waals surface area contributed by atoms with Gasteiger partial charge in [0.1, 0.15) is 0 Å². The third-order valence-electron chi connectivity index (χ3n) is 11.2. The van der Waals surface area contributed by atoms with Crippen LogP contribution in [0.4, 0.5) is 0 Å². The highest BCUT2D eigenvalue weighted by Gasteiger charge is 2.55. The van der Waals surface area contributed by atoms with E-state index in [-0.39, 0.29) is 22.7 Å². The molecule has 0 radical (unpaired) electrons. The van der Waals surface area contributed by atoms with Gasteiger partial charge in [0.2, 0.25) is 0 Å². The van der Waals surface area contributed by atoms with Gasteiger partial charge in [0, 0.05) is 18.3 Å². The number of aliphatic hydroxyl groups is 1. The van der Waals surface area contributed by atoms with Gasteiger partial charge in [0.25, 0.3) is 0 Å². The molecule has 0 aromatic rings. The van der Waals surface area contributed by atoms with Crippen LogP contribution in [0, 0.1) is 34.0 Å². The first-order valence-electron chi connectivity index (χ1n) is 15.0. The highest BCUT2D eigenvalue weighted by Crippen LogP contribution is 2.61. The van der Waals surface area contributed by atoms with Gasteiger partial charge >= 0.3 is 0 Å². The summed E-state index contributed by atoms with van der Waals surface area (Å²) in [7, 11) is 0. The van der Waals surface area contributed by atoms with Crippen LogP contribution in [-0.4, -0.2) is 30.2 Å². The molecule has 1 heterocycles. The number of fused-ring (bicyclic) bond motifs is 4. The van der Waals surface area contributed by atoms with Gasteiger partial charge in [-0.25, -0.2) is 0 Å². The minimum atomic E-state index is -0.302. The van der Waals surface area contributed by atoms with Gasteiger partial charge in [-0.3, -0.25) is 0 Å². The van der Waals surface area contributed by atoms with Crippen molar-refractivity contribution in [2.24, 2.45) is 34.0 Å². The lowest BCUT2D eigenvalue weighted by atomic mass is 9.56. The van der Waals surface area contributed by atoms with E-state index in [1.54, 1.807) is 11.1 Å². The third kappa shape index (κ3) is 4.94. The Kier molecular flexibility index (Phi) is 7.18. The van der Waals surface area contributed by atoms with Crippen LogP contribution >= 0.6 is 0 Å². The Bertz CT molecular complexity index is 915. The third-order valence-corrected chi connectivity index (χ3v) is 11.2. The Morgan fingerprint density at radius 3 is 2.33 bits per heavy atom. The predicted molar refractivity (Wildman–Crippen MR) is 147 cm³/mol. The van der Waals surface area contributed by atoms with Crippen molar-refractivity contribution in [1.29, 1.82) is 0 Å². The summed E-state index contributed by atoms with van der Waals surface area (Å²) >= 11 is 0. The smallest absolute Gasteiger partial charge is 0.169 e. The molecule has 1 spiro atoms. The van der Waals surface area contributed by atoms with Crippen molar-refractivity contribution in [3.63, 3.8) is 0 Å². The SMILES string of the molecule is CC1(C)COC2(CCC3=C4CCC5(C)C(O)CCC5C4CCC3C2)OC1.CCC1(C)C=CC(C)=CC1. The summed E-state index contributed by atoms with van der Waals surface area (Å²) in [6, 6.07) is 0. The molecule has 6 rings (SSSR count). The normalized spacial score (nSPS) is 42.6. The zero-order valence-electron chi connectivity index (χ0n) is 24.0. The Morgan fingerprint density at radius 1 is 0.944 bits per heavy atom. The number of aliphatic hydroxyl groups excluding tert-OH is 1. The van der Waals surface area contributed by atoms with E-state index in [1.165, 1.54) is 56.9 Å². The number of ether oxygens (including phenoxy) is 2.